The van der Waals surface area contributed by atoms with Crippen LogP contribution in [0.15, 0.2) is 47.8 Å². The maximum atomic E-state index is 11.7. The maximum Gasteiger partial charge on any atom is 0.209 e. The first kappa shape index (κ1) is 19.5. The van der Waals surface area contributed by atoms with E-state index in [-0.39, 0.29) is 12.1 Å². The number of benzene rings is 1. The third kappa shape index (κ3) is 5.37. The highest BCUT2D eigenvalue weighted by molar-refractivity contribution is 7.88. The summed E-state index contributed by atoms with van der Waals surface area (Å²) in [7, 11) is -3.21. The van der Waals surface area contributed by atoms with E-state index >= 15 is 0 Å². The van der Waals surface area contributed by atoms with Crippen LogP contribution in [0.2, 0.25) is 0 Å². The van der Waals surface area contributed by atoms with E-state index in [1.165, 1.54) is 21.6 Å². The van der Waals surface area contributed by atoms with Gasteiger partial charge in [0.05, 0.1) is 17.2 Å². The molecule has 2 aromatic rings. The van der Waals surface area contributed by atoms with Gasteiger partial charge in [-0.15, -0.1) is 11.3 Å². The number of rotatable bonds is 7. The summed E-state index contributed by atoms with van der Waals surface area (Å²) in [6, 6.07) is 14.9. The Morgan fingerprint density at radius 3 is 2.35 bits per heavy atom. The average Bonchev–Trinajstić information content (AvgIpc) is 3.10. The van der Waals surface area contributed by atoms with E-state index in [1.54, 1.807) is 16.2 Å². The van der Waals surface area contributed by atoms with Crippen molar-refractivity contribution in [3.05, 3.63) is 58.3 Å². The van der Waals surface area contributed by atoms with Gasteiger partial charge >= 0.3 is 0 Å². The zero-order valence-corrected chi connectivity index (χ0v) is 17.1. The fraction of sp³-hybridized carbons (Fsp3) is 0.474. The Labute approximate surface area is 160 Å². The van der Waals surface area contributed by atoms with Crippen LogP contribution in [0, 0.1) is 0 Å². The van der Waals surface area contributed by atoms with Gasteiger partial charge in [0, 0.05) is 5.56 Å². The van der Waals surface area contributed by atoms with Crippen LogP contribution in [0.1, 0.15) is 23.4 Å². The lowest BCUT2D eigenvalue weighted by atomic mass is 10.1. The molecule has 3 N–H and O–H groups in total. The molecule has 0 aliphatic carbocycles. The van der Waals surface area contributed by atoms with Crippen LogP contribution in [0.3, 0.4) is 0 Å². The standard InChI is InChI=1S/C19H27N3O2S2/c1-16(20-26(2,23)24)19(18-9-6-14-25-18)22-12-10-21(11-13-22)15-17-7-4-3-5-8-17/h3-9,14,16,19-20H,10-13,15H2,1-2H3/p+2/t16-,19+/m1/s1. The normalized spacial score (nSPS) is 23.5. The lowest BCUT2D eigenvalue weighted by Crippen LogP contribution is -3.28. The molecule has 2 heterocycles. The highest BCUT2D eigenvalue weighted by Crippen LogP contribution is 2.20. The van der Waals surface area contributed by atoms with E-state index in [1.807, 2.05) is 6.92 Å². The van der Waals surface area contributed by atoms with Crippen molar-refractivity contribution in [2.24, 2.45) is 0 Å². The maximum absolute atomic E-state index is 11.7. The first-order chi connectivity index (χ1) is 12.4. The molecule has 26 heavy (non-hydrogen) atoms. The van der Waals surface area contributed by atoms with Crippen LogP contribution in [0.4, 0.5) is 0 Å². The minimum absolute atomic E-state index is 0.116. The molecule has 5 nitrogen and oxygen atoms in total. The van der Waals surface area contributed by atoms with Crippen LogP contribution >= 0.6 is 11.3 Å². The van der Waals surface area contributed by atoms with Crippen LogP contribution in [-0.2, 0) is 16.6 Å². The molecule has 1 saturated heterocycles. The minimum Gasteiger partial charge on any atom is -0.322 e. The number of quaternary nitrogens is 2. The van der Waals surface area contributed by atoms with Crippen LogP contribution in [0.25, 0.3) is 0 Å². The Morgan fingerprint density at radius 2 is 1.77 bits per heavy atom. The Bertz CT molecular complexity index is 770. The summed E-state index contributed by atoms with van der Waals surface area (Å²) in [6.07, 6.45) is 1.24. The molecule has 1 aromatic carbocycles. The Balaban J connectivity index is 1.65. The first-order valence-corrected chi connectivity index (χ1v) is 11.9. The number of thiophene rings is 1. The summed E-state index contributed by atoms with van der Waals surface area (Å²) >= 11 is 1.72. The van der Waals surface area contributed by atoms with E-state index < -0.39 is 10.0 Å². The third-order valence-electron chi connectivity index (χ3n) is 5.09. The van der Waals surface area contributed by atoms with Crippen molar-refractivity contribution in [1.29, 1.82) is 0 Å². The topological polar surface area (TPSA) is 55.0 Å². The first-order valence-electron chi connectivity index (χ1n) is 9.15. The van der Waals surface area contributed by atoms with Crippen molar-refractivity contribution >= 4 is 21.4 Å². The second-order valence-corrected chi connectivity index (χ2v) is 10.0. The molecule has 0 radical (unpaired) electrons. The zero-order valence-electron chi connectivity index (χ0n) is 15.4. The largest absolute Gasteiger partial charge is 0.322 e. The SMILES string of the molecule is C[C@@H](NS(C)(=O)=O)[C@@H](c1cccs1)[NH+]1CC[NH+](Cc2ccccc2)CC1. The molecule has 1 aliphatic heterocycles. The van der Waals surface area contributed by atoms with Crippen molar-refractivity contribution < 1.29 is 18.2 Å². The van der Waals surface area contributed by atoms with Gasteiger partial charge in [-0.1, -0.05) is 36.4 Å². The van der Waals surface area contributed by atoms with Gasteiger partial charge in [-0.2, -0.15) is 0 Å². The predicted molar refractivity (Wildman–Crippen MR) is 106 cm³/mol. The number of hydrogen-bond acceptors (Lipinski definition) is 3. The lowest BCUT2D eigenvalue weighted by molar-refractivity contribution is -1.03. The van der Waals surface area contributed by atoms with Crippen molar-refractivity contribution in [1.82, 2.24) is 4.72 Å². The van der Waals surface area contributed by atoms with Crippen molar-refractivity contribution in [2.75, 3.05) is 32.4 Å². The van der Waals surface area contributed by atoms with Gasteiger partial charge in [-0.25, -0.2) is 13.1 Å². The molecular weight excluding hydrogens is 366 g/mol. The molecule has 142 valence electrons. The van der Waals surface area contributed by atoms with Crippen LogP contribution in [0.5, 0.6) is 0 Å². The summed E-state index contributed by atoms with van der Waals surface area (Å²) in [4.78, 5) is 4.34. The molecule has 7 heteroatoms. The van der Waals surface area contributed by atoms with E-state index in [4.69, 9.17) is 0 Å². The Morgan fingerprint density at radius 1 is 1.08 bits per heavy atom. The van der Waals surface area contributed by atoms with Gasteiger partial charge in [-0.3, -0.25) is 0 Å². The molecule has 2 atom stereocenters. The number of piperazine rings is 1. The molecule has 0 saturated carbocycles. The molecule has 0 amide bonds. The second-order valence-electron chi connectivity index (χ2n) is 7.24. The van der Waals surface area contributed by atoms with E-state index in [9.17, 15) is 8.42 Å². The fourth-order valence-corrected chi connectivity index (χ4v) is 5.77. The summed E-state index contributed by atoms with van der Waals surface area (Å²) < 4.78 is 26.3. The minimum atomic E-state index is -3.21. The van der Waals surface area contributed by atoms with Crippen molar-refractivity contribution in [3.63, 3.8) is 0 Å². The molecule has 0 unspecified atom stereocenters. The van der Waals surface area contributed by atoms with Gasteiger partial charge in [0.2, 0.25) is 10.0 Å². The number of hydrogen-bond donors (Lipinski definition) is 3. The summed E-state index contributed by atoms with van der Waals surface area (Å²) in [5.41, 5.74) is 1.38. The number of sulfonamides is 1. The molecule has 3 rings (SSSR count). The van der Waals surface area contributed by atoms with Crippen molar-refractivity contribution in [3.8, 4) is 0 Å². The Kier molecular flexibility index (Phi) is 6.47. The smallest absolute Gasteiger partial charge is 0.209 e. The molecule has 1 aliphatic rings. The summed E-state index contributed by atoms with van der Waals surface area (Å²) in [5, 5.41) is 2.08. The average molecular weight is 396 g/mol. The Hall–Kier alpha value is -1.25. The highest BCUT2D eigenvalue weighted by atomic mass is 32.2. The molecule has 1 aromatic heterocycles. The van der Waals surface area contributed by atoms with E-state index in [2.05, 4.69) is 52.6 Å². The zero-order chi connectivity index (χ0) is 18.6. The number of nitrogens with one attached hydrogen (secondary N) is 3. The second kappa shape index (κ2) is 8.63. The fourth-order valence-electron chi connectivity index (χ4n) is 3.97. The van der Waals surface area contributed by atoms with Crippen LogP contribution < -0.4 is 14.5 Å². The summed E-state index contributed by atoms with van der Waals surface area (Å²) in [5.74, 6) is 0. The van der Waals surface area contributed by atoms with Gasteiger partial charge in [0.1, 0.15) is 38.8 Å². The third-order valence-corrected chi connectivity index (χ3v) is 6.84. The van der Waals surface area contributed by atoms with Gasteiger partial charge in [0.15, 0.2) is 0 Å². The van der Waals surface area contributed by atoms with Crippen molar-refractivity contribution in [2.45, 2.75) is 25.6 Å². The van der Waals surface area contributed by atoms with E-state index in [0.717, 1.165) is 32.7 Å². The molecular formula is C19H29N3O2S2+2. The predicted octanol–water partition coefficient (Wildman–Crippen LogP) is -0.289. The molecule has 1 fully saturated rings. The molecule has 0 bridgehead atoms. The van der Waals surface area contributed by atoms with Gasteiger partial charge in [-0.05, 0) is 18.4 Å². The van der Waals surface area contributed by atoms with Gasteiger partial charge < -0.3 is 9.80 Å². The van der Waals surface area contributed by atoms with Crippen LogP contribution in [-0.4, -0.2) is 46.9 Å². The summed E-state index contributed by atoms with van der Waals surface area (Å²) in [6.45, 7) is 7.38. The monoisotopic (exact) mass is 395 g/mol. The highest BCUT2D eigenvalue weighted by Gasteiger charge is 2.35. The quantitative estimate of drug-likeness (QED) is 0.604. The van der Waals surface area contributed by atoms with E-state index in [0.29, 0.717) is 0 Å². The van der Waals surface area contributed by atoms with Gasteiger partial charge in [0.25, 0.3) is 0 Å². The molecule has 0 spiro atoms. The lowest BCUT2D eigenvalue weighted by Gasteiger charge is -2.36.